The molecular formula is C12H13Cl3O. The molecule has 3 unspecified atom stereocenters. The van der Waals surface area contributed by atoms with Crippen molar-refractivity contribution < 1.29 is 4.74 Å². The zero-order chi connectivity index (χ0) is 11.7. The Morgan fingerprint density at radius 2 is 2.06 bits per heavy atom. The molecule has 1 aromatic carbocycles. The van der Waals surface area contributed by atoms with Gasteiger partial charge in [0.2, 0.25) is 0 Å². The summed E-state index contributed by atoms with van der Waals surface area (Å²) in [4.78, 5) is 0. The number of hydrogen-bond acceptors (Lipinski definition) is 1. The SMILES string of the molecule is CC1CCC(C(Cl)c2cc(Cl)ccc2Cl)O1. The molecule has 0 spiro atoms. The summed E-state index contributed by atoms with van der Waals surface area (Å²) in [6.45, 7) is 2.06. The van der Waals surface area contributed by atoms with Crippen LogP contribution >= 0.6 is 34.8 Å². The Hall–Kier alpha value is 0.0500. The summed E-state index contributed by atoms with van der Waals surface area (Å²) in [5.74, 6) is 0. The molecule has 0 aliphatic carbocycles. The maximum atomic E-state index is 6.39. The van der Waals surface area contributed by atoms with Gasteiger partial charge in [0.15, 0.2) is 0 Å². The van der Waals surface area contributed by atoms with Crippen LogP contribution in [-0.2, 0) is 4.74 Å². The summed E-state index contributed by atoms with van der Waals surface area (Å²) in [6, 6.07) is 5.34. The van der Waals surface area contributed by atoms with E-state index in [9.17, 15) is 0 Å². The van der Waals surface area contributed by atoms with Gasteiger partial charge in [-0.15, -0.1) is 11.6 Å². The molecule has 16 heavy (non-hydrogen) atoms. The molecule has 0 aromatic heterocycles. The molecule has 0 N–H and O–H groups in total. The second kappa shape index (κ2) is 5.14. The smallest absolute Gasteiger partial charge is 0.0862 e. The monoisotopic (exact) mass is 278 g/mol. The summed E-state index contributed by atoms with van der Waals surface area (Å²) >= 11 is 18.4. The van der Waals surface area contributed by atoms with Crippen LogP contribution in [-0.4, -0.2) is 12.2 Å². The Kier molecular flexibility index (Phi) is 4.01. The average Bonchev–Trinajstić information content (AvgIpc) is 2.67. The van der Waals surface area contributed by atoms with E-state index in [0.717, 1.165) is 18.4 Å². The minimum Gasteiger partial charge on any atom is -0.373 e. The van der Waals surface area contributed by atoms with Crippen molar-refractivity contribution in [1.29, 1.82) is 0 Å². The van der Waals surface area contributed by atoms with Crippen LogP contribution in [0.5, 0.6) is 0 Å². The first-order valence-corrected chi connectivity index (χ1v) is 6.51. The number of benzene rings is 1. The molecule has 1 nitrogen and oxygen atoms in total. The van der Waals surface area contributed by atoms with Crippen LogP contribution in [0.1, 0.15) is 30.7 Å². The summed E-state index contributed by atoms with van der Waals surface area (Å²) in [5, 5.41) is 1.07. The summed E-state index contributed by atoms with van der Waals surface area (Å²) < 4.78 is 5.74. The number of halogens is 3. The lowest BCUT2D eigenvalue weighted by Crippen LogP contribution is -2.15. The van der Waals surface area contributed by atoms with Gasteiger partial charge in [0.1, 0.15) is 0 Å². The second-order valence-corrected chi connectivity index (χ2v) is 5.44. The number of ether oxygens (including phenoxy) is 1. The first kappa shape index (κ1) is 12.5. The van der Waals surface area contributed by atoms with Gasteiger partial charge in [0.25, 0.3) is 0 Å². The van der Waals surface area contributed by atoms with E-state index in [2.05, 4.69) is 6.92 Å². The van der Waals surface area contributed by atoms with Crippen LogP contribution in [0.2, 0.25) is 10.0 Å². The third kappa shape index (κ3) is 2.65. The molecule has 2 rings (SSSR count). The molecule has 1 fully saturated rings. The standard InChI is InChI=1S/C12H13Cl3O/c1-7-2-5-11(16-7)12(15)9-6-8(13)3-4-10(9)14/h3-4,6-7,11-12H,2,5H2,1H3. The van der Waals surface area contributed by atoms with Crippen molar-refractivity contribution in [1.82, 2.24) is 0 Å². The molecule has 1 aromatic rings. The van der Waals surface area contributed by atoms with Gasteiger partial charge in [-0.25, -0.2) is 0 Å². The zero-order valence-corrected chi connectivity index (χ0v) is 11.2. The minimum absolute atomic E-state index is 0.0348. The van der Waals surface area contributed by atoms with Crippen molar-refractivity contribution >= 4 is 34.8 Å². The molecule has 88 valence electrons. The van der Waals surface area contributed by atoms with Gasteiger partial charge in [-0.05, 0) is 43.5 Å². The van der Waals surface area contributed by atoms with E-state index < -0.39 is 0 Å². The fourth-order valence-electron chi connectivity index (χ4n) is 1.97. The third-order valence-electron chi connectivity index (χ3n) is 2.85. The normalized spacial score (nSPS) is 27.0. The van der Waals surface area contributed by atoms with Gasteiger partial charge in [0, 0.05) is 10.0 Å². The highest BCUT2D eigenvalue weighted by molar-refractivity contribution is 6.34. The van der Waals surface area contributed by atoms with Crippen molar-refractivity contribution in [3.05, 3.63) is 33.8 Å². The Labute approximate surface area is 111 Å². The van der Waals surface area contributed by atoms with Gasteiger partial charge < -0.3 is 4.74 Å². The minimum atomic E-state index is -0.226. The Balaban J connectivity index is 2.20. The van der Waals surface area contributed by atoms with Crippen molar-refractivity contribution in [2.24, 2.45) is 0 Å². The fraction of sp³-hybridized carbons (Fsp3) is 0.500. The van der Waals surface area contributed by atoms with Crippen LogP contribution in [0.25, 0.3) is 0 Å². The topological polar surface area (TPSA) is 9.23 Å². The Morgan fingerprint density at radius 1 is 1.31 bits per heavy atom. The third-order valence-corrected chi connectivity index (χ3v) is 3.94. The summed E-state index contributed by atoms with van der Waals surface area (Å²) in [6.07, 6.45) is 2.33. The molecule has 1 heterocycles. The zero-order valence-electron chi connectivity index (χ0n) is 8.92. The number of alkyl halides is 1. The highest BCUT2D eigenvalue weighted by atomic mass is 35.5. The van der Waals surface area contributed by atoms with Crippen molar-refractivity contribution in [3.63, 3.8) is 0 Å². The van der Waals surface area contributed by atoms with E-state index >= 15 is 0 Å². The van der Waals surface area contributed by atoms with Crippen molar-refractivity contribution in [2.75, 3.05) is 0 Å². The fourth-order valence-corrected chi connectivity index (χ4v) is 2.81. The van der Waals surface area contributed by atoms with E-state index in [4.69, 9.17) is 39.5 Å². The van der Waals surface area contributed by atoms with Gasteiger partial charge in [-0.3, -0.25) is 0 Å². The lowest BCUT2D eigenvalue weighted by atomic mass is 10.0. The molecular weight excluding hydrogens is 266 g/mol. The molecule has 1 aliphatic rings. The largest absolute Gasteiger partial charge is 0.373 e. The number of rotatable bonds is 2. The van der Waals surface area contributed by atoms with E-state index in [0.29, 0.717) is 10.0 Å². The highest BCUT2D eigenvalue weighted by Crippen LogP contribution is 2.38. The quantitative estimate of drug-likeness (QED) is 0.704. The first-order valence-electron chi connectivity index (χ1n) is 5.32. The molecule has 0 amide bonds. The highest BCUT2D eigenvalue weighted by Gasteiger charge is 2.30. The van der Waals surface area contributed by atoms with Crippen molar-refractivity contribution in [3.8, 4) is 0 Å². The molecule has 0 saturated carbocycles. The van der Waals surface area contributed by atoms with Gasteiger partial charge in [0.05, 0.1) is 17.6 Å². The van der Waals surface area contributed by atoms with Crippen LogP contribution in [0.4, 0.5) is 0 Å². The van der Waals surface area contributed by atoms with Crippen LogP contribution in [0, 0.1) is 0 Å². The molecule has 0 radical (unpaired) electrons. The van der Waals surface area contributed by atoms with Gasteiger partial charge >= 0.3 is 0 Å². The summed E-state index contributed by atoms with van der Waals surface area (Å²) in [7, 11) is 0. The average molecular weight is 280 g/mol. The van der Waals surface area contributed by atoms with Gasteiger partial charge in [-0.1, -0.05) is 23.2 Å². The Morgan fingerprint density at radius 3 is 2.69 bits per heavy atom. The molecule has 1 saturated heterocycles. The molecule has 3 atom stereocenters. The first-order chi connectivity index (χ1) is 7.58. The lowest BCUT2D eigenvalue weighted by Gasteiger charge is -2.19. The number of hydrogen-bond donors (Lipinski definition) is 0. The van der Waals surface area contributed by atoms with Crippen LogP contribution in [0.15, 0.2) is 18.2 Å². The van der Waals surface area contributed by atoms with Crippen LogP contribution < -0.4 is 0 Å². The summed E-state index contributed by atoms with van der Waals surface area (Å²) in [5.41, 5.74) is 0.856. The molecule has 1 aliphatic heterocycles. The maximum Gasteiger partial charge on any atom is 0.0862 e. The molecule has 0 bridgehead atoms. The van der Waals surface area contributed by atoms with E-state index in [-0.39, 0.29) is 17.6 Å². The van der Waals surface area contributed by atoms with E-state index in [1.54, 1.807) is 12.1 Å². The predicted molar refractivity (Wildman–Crippen MR) is 68.6 cm³/mol. The van der Waals surface area contributed by atoms with E-state index in [1.807, 2.05) is 6.07 Å². The Bertz CT molecular complexity index is 381. The van der Waals surface area contributed by atoms with E-state index in [1.165, 1.54) is 0 Å². The van der Waals surface area contributed by atoms with Crippen molar-refractivity contribution in [2.45, 2.75) is 37.4 Å². The predicted octanol–water partition coefficient (Wildman–Crippen LogP) is 4.84. The second-order valence-electron chi connectivity index (χ2n) is 4.13. The van der Waals surface area contributed by atoms with Gasteiger partial charge in [-0.2, -0.15) is 0 Å². The molecule has 4 heteroatoms. The van der Waals surface area contributed by atoms with Crippen LogP contribution in [0.3, 0.4) is 0 Å². The maximum absolute atomic E-state index is 6.39. The lowest BCUT2D eigenvalue weighted by molar-refractivity contribution is 0.0533.